The minimum atomic E-state index is -0.0504. The normalized spacial score (nSPS) is 17.3. The van der Waals surface area contributed by atoms with Crippen molar-refractivity contribution in [2.75, 3.05) is 13.1 Å². The molecular weight excluding hydrogens is 314 g/mol. The Labute approximate surface area is 140 Å². The van der Waals surface area contributed by atoms with Gasteiger partial charge in [-0.25, -0.2) is 9.97 Å². The molecule has 5 nitrogen and oxygen atoms in total. The summed E-state index contributed by atoms with van der Waals surface area (Å²) in [6, 6.07) is 7.37. The Hall–Kier alpha value is -2.14. The fraction of sp³-hybridized carbons (Fsp3) is 0.353. The third-order valence-electron chi connectivity index (χ3n) is 3.89. The van der Waals surface area contributed by atoms with Gasteiger partial charge < -0.3 is 9.64 Å². The maximum absolute atomic E-state index is 12.6. The van der Waals surface area contributed by atoms with Crippen molar-refractivity contribution in [2.24, 2.45) is 0 Å². The van der Waals surface area contributed by atoms with E-state index in [0.717, 1.165) is 6.42 Å². The predicted molar refractivity (Wildman–Crippen MR) is 87.9 cm³/mol. The van der Waals surface area contributed by atoms with E-state index >= 15 is 0 Å². The van der Waals surface area contributed by atoms with Gasteiger partial charge in [0.1, 0.15) is 17.7 Å². The summed E-state index contributed by atoms with van der Waals surface area (Å²) in [5.41, 5.74) is 1.26. The van der Waals surface area contributed by atoms with Crippen molar-refractivity contribution in [3.8, 4) is 5.75 Å². The molecule has 2 heterocycles. The average Bonchev–Trinajstić information content (AvgIpc) is 2.98. The summed E-state index contributed by atoms with van der Waals surface area (Å²) >= 11 is 6.11. The van der Waals surface area contributed by atoms with Crippen molar-refractivity contribution in [1.29, 1.82) is 0 Å². The highest BCUT2D eigenvalue weighted by Crippen LogP contribution is 2.27. The molecule has 1 amide bonds. The standard InChI is InChI=1S/C17H18ClN3O2/c1-11-14(9-19-12(2)20-11)17(22)21-8-7-13(10-21)23-16-6-4-3-5-15(16)18/h3-6,9,13H,7-8,10H2,1-2H3. The zero-order chi connectivity index (χ0) is 16.4. The molecule has 1 aliphatic rings. The second kappa shape index (κ2) is 6.54. The molecule has 0 bridgehead atoms. The van der Waals surface area contributed by atoms with Crippen molar-refractivity contribution in [3.05, 3.63) is 52.6 Å². The quantitative estimate of drug-likeness (QED) is 0.867. The Morgan fingerprint density at radius 2 is 2.13 bits per heavy atom. The van der Waals surface area contributed by atoms with E-state index < -0.39 is 0 Å². The van der Waals surface area contributed by atoms with Crippen LogP contribution in [0.15, 0.2) is 30.5 Å². The van der Waals surface area contributed by atoms with Gasteiger partial charge in [0.25, 0.3) is 5.91 Å². The largest absolute Gasteiger partial charge is 0.487 e. The van der Waals surface area contributed by atoms with Crippen LogP contribution in [-0.4, -0.2) is 40.0 Å². The predicted octanol–water partition coefficient (Wildman–Crippen LogP) is 3.04. The van der Waals surface area contributed by atoms with Gasteiger partial charge in [0.15, 0.2) is 0 Å². The fourth-order valence-corrected chi connectivity index (χ4v) is 2.87. The molecule has 1 unspecified atom stereocenters. The molecule has 0 aliphatic carbocycles. The molecule has 0 N–H and O–H groups in total. The monoisotopic (exact) mass is 331 g/mol. The van der Waals surface area contributed by atoms with Gasteiger partial charge in [-0.3, -0.25) is 4.79 Å². The third-order valence-corrected chi connectivity index (χ3v) is 4.20. The number of para-hydroxylation sites is 1. The van der Waals surface area contributed by atoms with Crippen LogP contribution in [0.25, 0.3) is 0 Å². The van der Waals surface area contributed by atoms with Gasteiger partial charge in [0, 0.05) is 19.2 Å². The first-order chi connectivity index (χ1) is 11.0. The molecule has 120 valence electrons. The molecule has 1 aromatic heterocycles. The Kier molecular flexibility index (Phi) is 4.48. The van der Waals surface area contributed by atoms with Gasteiger partial charge in [0.2, 0.25) is 0 Å². The maximum Gasteiger partial charge on any atom is 0.257 e. The van der Waals surface area contributed by atoms with Crippen molar-refractivity contribution < 1.29 is 9.53 Å². The third kappa shape index (κ3) is 3.45. The smallest absolute Gasteiger partial charge is 0.257 e. The van der Waals surface area contributed by atoms with E-state index in [0.29, 0.717) is 40.9 Å². The first-order valence-corrected chi connectivity index (χ1v) is 7.93. The van der Waals surface area contributed by atoms with Gasteiger partial charge in [-0.1, -0.05) is 23.7 Å². The van der Waals surface area contributed by atoms with E-state index in [2.05, 4.69) is 9.97 Å². The fourth-order valence-electron chi connectivity index (χ4n) is 2.69. The molecule has 1 aliphatic heterocycles. The highest BCUT2D eigenvalue weighted by atomic mass is 35.5. The molecular formula is C17H18ClN3O2. The Balaban J connectivity index is 1.67. The van der Waals surface area contributed by atoms with Crippen molar-refractivity contribution in [3.63, 3.8) is 0 Å². The van der Waals surface area contributed by atoms with Gasteiger partial charge in [-0.2, -0.15) is 0 Å². The Morgan fingerprint density at radius 1 is 1.35 bits per heavy atom. The summed E-state index contributed by atoms with van der Waals surface area (Å²) < 4.78 is 5.91. The number of aromatic nitrogens is 2. The van der Waals surface area contributed by atoms with Crippen molar-refractivity contribution in [2.45, 2.75) is 26.4 Å². The number of likely N-dealkylation sites (tertiary alicyclic amines) is 1. The zero-order valence-corrected chi connectivity index (χ0v) is 13.9. The number of amides is 1. The van der Waals surface area contributed by atoms with E-state index in [-0.39, 0.29) is 12.0 Å². The van der Waals surface area contributed by atoms with Crippen LogP contribution in [0.2, 0.25) is 5.02 Å². The molecule has 23 heavy (non-hydrogen) atoms. The van der Waals surface area contributed by atoms with Crippen LogP contribution in [0.3, 0.4) is 0 Å². The molecule has 1 saturated heterocycles. The van der Waals surface area contributed by atoms with E-state index in [1.54, 1.807) is 17.2 Å². The van der Waals surface area contributed by atoms with Crippen LogP contribution >= 0.6 is 11.6 Å². The second-order valence-corrected chi connectivity index (χ2v) is 6.03. The molecule has 0 spiro atoms. The van der Waals surface area contributed by atoms with Gasteiger partial charge >= 0.3 is 0 Å². The topological polar surface area (TPSA) is 55.3 Å². The number of benzene rings is 1. The molecule has 1 fully saturated rings. The van der Waals surface area contributed by atoms with Crippen LogP contribution in [-0.2, 0) is 0 Å². The number of carbonyl (C=O) groups is 1. The highest BCUT2D eigenvalue weighted by Gasteiger charge is 2.29. The minimum Gasteiger partial charge on any atom is -0.487 e. The number of halogens is 1. The number of hydrogen-bond donors (Lipinski definition) is 0. The van der Waals surface area contributed by atoms with Crippen LogP contribution in [0.5, 0.6) is 5.75 Å². The van der Waals surface area contributed by atoms with Crippen molar-refractivity contribution >= 4 is 17.5 Å². The Morgan fingerprint density at radius 3 is 2.87 bits per heavy atom. The van der Waals surface area contributed by atoms with E-state index in [1.807, 2.05) is 32.0 Å². The van der Waals surface area contributed by atoms with Gasteiger partial charge in [0.05, 0.1) is 22.8 Å². The lowest BCUT2D eigenvalue weighted by atomic mass is 10.2. The van der Waals surface area contributed by atoms with E-state index in [4.69, 9.17) is 16.3 Å². The molecule has 1 aromatic carbocycles. The van der Waals surface area contributed by atoms with Crippen LogP contribution in [0, 0.1) is 13.8 Å². The maximum atomic E-state index is 12.6. The molecule has 0 saturated carbocycles. The number of ether oxygens (including phenoxy) is 1. The molecule has 3 rings (SSSR count). The summed E-state index contributed by atoms with van der Waals surface area (Å²) in [6.45, 7) is 4.83. The van der Waals surface area contributed by atoms with Crippen LogP contribution in [0.1, 0.15) is 28.3 Å². The first kappa shape index (κ1) is 15.7. The SMILES string of the molecule is Cc1ncc(C(=O)N2CCC(Oc3ccccc3Cl)C2)c(C)n1. The second-order valence-electron chi connectivity index (χ2n) is 5.63. The molecule has 2 aromatic rings. The van der Waals surface area contributed by atoms with E-state index in [1.165, 1.54) is 0 Å². The number of carbonyl (C=O) groups excluding carboxylic acids is 1. The van der Waals surface area contributed by atoms with E-state index in [9.17, 15) is 4.79 Å². The summed E-state index contributed by atoms with van der Waals surface area (Å²) in [7, 11) is 0. The minimum absolute atomic E-state index is 0.0484. The lowest BCUT2D eigenvalue weighted by Gasteiger charge is -2.18. The van der Waals surface area contributed by atoms with Crippen molar-refractivity contribution in [1.82, 2.24) is 14.9 Å². The first-order valence-electron chi connectivity index (χ1n) is 7.55. The zero-order valence-electron chi connectivity index (χ0n) is 13.1. The lowest BCUT2D eigenvalue weighted by molar-refractivity contribution is 0.0770. The molecule has 6 heteroatoms. The van der Waals surface area contributed by atoms with Gasteiger partial charge in [-0.15, -0.1) is 0 Å². The molecule has 0 radical (unpaired) electrons. The molecule has 1 atom stereocenters. The summed E-state index contributed by atoms with van der Waals surface area (Å²) in [4.78, 5) is 22.8. The summed E-state index contributed by atoms with van der Waals surface area (Å²) in [5.74, 6) is 1.27. The summed E-state index contributed by atoms with van der Waals surface area (Å²) in [5, 5.41) is 0.583. The number of nitrogens with zero attached hydrogens (tertiary/aromatic N) is 3. The number of hydrogen-bond acceptors (Lipinski definition) is 4. The van der Waals surface area contributed by atoms with Gasteiger partial charge in [-0.05, 0) is 26.0 Å². The number of aryl methyl sites for hydroxylation is 2. The van der Waals surface area contributed by atoms with Crippen LogP contribution in [0.4, 0.5) is 0 Å². The summed E-state index contributed by atoms with van der Waals surface area (Å²) in [6.07, 6.45) is 2.33. The van der Waals surface area contributed by atoms with Crippen LogP contribution < -0.4 is 4.74 Å². The Bertz CT molecular complexity index is 736. The highest BCUT2D eigenvalue weighted by molar-refractivity contribution is 6.32. The average molecular weight is 332 g/mol. The number of rotatable bonds is 3. The lowest BCUT2D eigenvalue weighted by Crippen LogP contribution is -2.31.